The van der Waals surface area contributed by atoms with E-state index in [-0.39, 0.29) is 17.3 Å². The van der Waals surface area contributed by atoms with Gasteiger partial charge in [0.25, 0.3) is 0 Å². The zero-order valence-electron chi connectivity index (χ0n) is 8.99. The van der Waals surface area contributed by atoms with Crippen LogP contribution in [0.25, 0.3) is 0 Å². The van der Waals surface area contributed by atoms with E-state index < -0.39 is 18.0 Å². The number of carbonyl (C=O) groups excluding carboxylic acids is 1. The number of urea groups is 1. The third kappa shape index (κ3) is 2.87. The highest BCUT2D eigenvalue weighted by Gasteiger charge is 2.24. The van der Waals surface area contributed by atoms with Crippen LogP contribution in [0.3, 0.4) is 0 Å². The molecule has 4 nitrogen and oxygen atoms in total. The maximum Gasteiger partial charge on any atom is 0.322 e. The summed E-state index contributed by atoms with van der Waals surface area (Å²) >= 11 is 5.60. The van der Waals surface area contributed by atoms with Crippen LogP contribution in [0.1, 0.15) is 6.42 Å². The van der Waals surface area contributed by atoms with Crippen molar-refractivity contribution in [3.05, 3.63) is 29.0 Å². The van der Waals surface area contributed by atoms with E-state index in [1.165, 1.54) is 17.0 Å². The molecule has 0 saturated carbocycles. The van der Waals surface area contributed by atoms with Crippen LogP contribution in [-0.4, -0.2) is 35.2 Å². The summed E-state index contributed by atoms with van der Waals surface area (Å²) in [6, 6.07) is 3.62. The van der Waals surface area contributed by atoms with Crippen molar-refractivity contribution in [2.24, 2.45) is 0 Å². The van der Waals surface area contributed by atoms with Crippen molar-refractivity contribution in [3.8, 4) is 0 Å². The van der Waals surface area contributed by atoms with Gasteiger partial charge in [-0.15, -0.1) is 0 Å². The second kappa shape index (κ2) is 4.89. The summed E-state index contributed by atoms with van der Waals surface area (Å²) in [5, 5.41) is 12.0. The maximum atomic E-state index is 13.4. The molecule has 1 heterocycles. The van der Waals surface area contributed by atoms with Gasteiger partial charge in [-0.1, -0.05) is 11.6 Å². The van der Waals surface area contributed by atoms with E-state index in [4.69, 9.17) is 11.6 Å². The number of halogens is 2. The zero-order valence-corrected chi connectivity index (χ0v) is 9.75. The van der Waals surface area contributed by atoms with Crippen molar-refractivity contribution in [2.45, 2.75) is 12.5 Å². The number of nitrogens with zero attached hydrogens (tertiary/aromatic N) is 1. The van der Waals surface area contributed by atoms with Crippen molar-refractivity contribution in [1.29, 1.82) is 0 Å². The van der Waals surface area contributed by atoms with Gasteiger partial charge in [0.1, 0.15) is 5.82 Å². The van der Waals surface area contributed by atoms with E-state index in [2.05, 4.69) is 5.32 Å². The van der Waals surface area contributed by atoms with Crippen molar-refractivity contribution in [1.82, 2.24) is 4.90 Å². The minimum absolute atomic E-state index is 0.0841. The standard InChI is InChI=1S/C11H12ClFN2O2/c12-7-1-2-10(9(13)5-7)14-11(17)15-4-3-8(16)6-15/h1-2,5,8,16H,3-4,6H2,(H,14,17)/t8-/m0/s1. The Morgan fingerprint density at radius 1 is 1.59 bits per heavy atom. The second-order valence-corrected chi connectivity index (χ2v) is 4.38. The largest absolute Gasteiger partial charge is 0.391 e. The fourth-order valence-electron chi connectivity index (χ4n) is 1.71. The molecule has 0 radical (unpaired) electrons. The molecular weight excluding hydrogens is 247 g/mol. The van der Waals surface area contributed by atoms with Gasteiger partial charge < -0.3 is 15.3 Å². The predicted octanol–water partition coefficient (Wildman–Crippen LogP) is 2.08. The van der Waals surface area contributed by atoms with Crippen LogP contribution in [0.5, 0.6) is 0 Å². The average molecular weight is 259 g/mol. The molecule has 2 rings (SSSR count). The minimum Gasteiger partial charge on any atom is -0.391 e. The van der Waals surface area contributed by atoms with E-state index in [1.54, 1.807) is 0 Å². The highest BCUT2D eigenvalue weighted by Crippen LogP contribution is 2.20. The summed E-state index contributed by atoms with van der Waals surface area (Å²) in [6.45, 7) is 0.753. The number of β-amino-alcohol motifs (C(OH)–C–C–N with tert-alkyl or cyclic N) is 1. The second-order valence-electron chi connectivity index (χ2n) is 3.94. The Morgan fingerprint density at radius 3 is 2.94 bits per heavy atom. The van der Waals surface area contributed by atoms with Crippen molar-refractivity contribution in [2.75, 3.05) is 18.4 Å². The topological polar surface area (TPSA) is 52.6 Å². The summed E-state index contributed by atoms with van der Waals surface area (Å²) in [4.78, 5) is 13.1. The van der Waals surface area contributed by atoms with Crippen LogP contribution in [0, 0.1) is 5.82 Å². The fraction of sp³-hybridized carbons (Fsp3) is 0.364. The average Bonchev–Trinajstić information content (AvgIpc) is 2.69. The monoisotopic (exact) mass is 258 g/mol. The highest BCUT2D eigenvalue weighted by atomic mass is 35.5. The Balaban J connectivity index is 2.03. The number of rotatable bonds is 1. The number of hydrogen-bond donors (Lipinski definition) is 2. The molecular formula is C11H12ClFN2O2. The summed E-state index contributed by atoms with van der Waals surface area (Å²) in [7, 11) is 0. The molecule has 0 spiro atoms. The van der Waals surface area contributed by atoms with Gasteiger partial charge in [0.15, 0.2) is 0 Å². The lowest BCUT2D eigenvalue weighted by atomic mass is 10.3. The van der Waals surface area contributed by atoms with Crippen LogP contribution in [0.4, 0.5) is 14.9 Å². The molecule has 2 N–H and O–H groups in total. The quantitative estimate of drug-likeness (QED) is 0.810. The number of nitrogens with one attached hydrogen (secondary N) is 1. The van der Waals surface area contributed by atoms with Crippen LogP contribution in [-0.2, 0) is 0 Å². The third-order valence-electron chi connectivity index (χ3n) is 2.62. The molecule has 0 aliphatic carbocycles. The molecule has 1 saturated heterocycles. The summed E-state index contributed by atoms with van der Waals surface area (Å²) in [5.41, 5.74) is 0.0841. The summed E-state index contributed by atoms with van der Waals surface area (Å²) < 4.78 is 13.4. The first-order valence-corrected chi connectivity index (χ1v) is 5.63. The van der Waals surface area contributed by atoms with Gasteiger partial charge in [-0.25, -0.2) is 9.18 Å². The highest BCUT2D eigenvalue weighted by molar-refractivity contribution is 6.30. The number of hydrogen-bond acceptors (Lipinski definition) is 2. The van der Waals surface area contributed by atoms with Crippen LogP contribution >= 0.6 is 11.6 Å². The first-order valence-electron chi connectivity index (χ1n) is 5.25. The molecule has 0 aromatic heterocycles. The molecule has 1 aromatic rings. The number of amides is 2. The smallest absolute Gasteiger partial charge is 0.322 e. The summed E-state index contributed by atoms with van der Waals surface area (Å²) in [5.74, 6) is -0.578. The molecule has 1 aliphatic rings. The van der Waals surface area contributed by atoms with E-state index in [0.717, 1.165) is 6.07 Å². The van der Waals surface area contributed by atoms with Gasteiger partial charge in [0, 0.05) is 18.1 Å². The van der Waals surface area contributed by atoms with Gasteiger partial charge >= 0.3 is 6.03 Å². The Hall–Kier alpha value is -1.33. The third-order valence-corrected chi connectivity index (χ3v) is 2.86. The van der Waals surface area contributed by atoms with Crippen LogP contribution in [0.2, 0.25) is 5.02 Å². The van der Waals surface area contributed by atoms with Crippen molar-refractivity contribution >= 4 is 23.3 Å². The molecule has 0 bridgehead atoms. The number of benzene rings is 1. The normalized spacial score (nSPS) is 19.5. The number of anilines is 1. The van der Waals surface area contributed by atoms with E-state index in [0.29, 0.717) is 13.0 Å². The Kier molecular flexibility index (Phi) is 3.49. The predicted molar refractivity (Wildman–Crippen MR) is 62.6 cm³/mol. The van der Waals surface area contributed by atoms with E-state index in [9.17, 15) is 14.3 Å². The first kappa shape index (κ1) is 12.1. The minimum atomic E-state index is -0.578. The molecule has 6 heteroatoms. The van der Waals surface area contributed by atoms with Gasteiger partial charge in [0.05, 0.1) is 11.8 Å². The Labute approximate surface area is 103 Å². The SMILES string of the molecule is O=C(Nc1ccc(Cl)cc1F)N1CC[C@H](O)C1. The summed E-state index contributed by atoms with van der Waals surface area (Å²) in [6.07, 6.45) is 0.0621. The van der Waals surface area contributed by atoms with Crippen LogP contribution in [0.15, 0.2) is 18.2 Å². The molecule has 1 aromatic carbocycles. The Bertz CT molecular complexity index is 441. The van der Waals surface area contributed by atoms with Gasteiger partial charge in [0.2, 0.25) is 0 Å². The van der Waals surface area contributed by atoms with Gasteiger partial charge in [-0.2, -0.15) is 0 Å². The van der Waals surface area contributed by atoms with Gasteiger partial charge in [-0.05, 0) is 24.6 Å². The molecule has 1 fully saturated rings. The zero-order chi connectivity index (χ0) is 12.4. The molecule has 17 heavy (non-hydrogen) atoms. The molecule has 2 amide bonds. The van der Waals surface area contributed by atoms with E-state index >= 15 is 0 Å². The first-order chi connectivity index (χ1) is 8.06. The van der Waals surface area contributed by atoms with E-state index in [1.807, 2.05) is 0 Å². The lowest BCUT2D eigenvalue weighted by Gasteiger charge is -2.16. The lowest BCUT2D eigenvalue weighted by molar-refractivity contribution is 0.176. The number of carbonyl (C=O) groups is 1. The maximum absolute atomic E-state index is 13.4. The number of aliphatic hydroxyl groups is 1. The Morgan fingerprint density at radius 2 is 2.35 bits per heavy atom. The number of likely N-dealkylation sites (tertiary alicyclic amines) is 1. The van der Waals surface area contributed by atoms with Crippen LogP contribution < -0.4 is 5.32 Å². The molecule has 0 unspecified atom stereocenters. The molecule has 92 valence electrons. The fourth-order valence-corrected chi connectivity index (χ4v) is 1.87. The molecule has 1 aliphatic heterocycles. The lowest BCUT2D eigenvalue weighted by Crippen LogP contribution is -2.33. The van der Waals surface area contributed by atoms with Crippen molar-refractivity contribution in [3.63, 3.8) is 0 Å². The van der Waals surface area contributed by atoms with Crippen molar-refractivity contribution < 1.29 is 14.3 Å². The van der Waals surface area contributed by atoms with Gasteiger partial charge in [-0.3, -0.25) is 0 Å². The molecule has 1 atom stereocenters. The number of aliphatic hydroxyl groups excluding tert-OH is 1.